The average molecular weight is 317 g/mol. The number of thiocarbonyl (C=S) groups is 1. The summed E-state index contributed by atoms with van der Waals surface area (Å²) in [5, 5.41) is 5.18. The number of pyridine rings is 1. The number of thioether (sulfide) groups is 1. The number of rotatable bonds is 4. The van der Waals surface area contributed by atoms with E-state index in [0.29, 0.717) is 10.2 Å². The molecule has 5 heteroatoms. The minimum atomic E-state index is 0.395. The monoisotopic (exact) mass is 317 g/mol. The van der Waals surface area contributed by atoms with Gasteiger partial charge in [0.15, 0.2) is 0 Å². The van der Waals surface area contributed by atoms with E-state index in [1.807, 2.05) is 42.1 Å². The first-order valence-electron chi connectivity index (χ1n) is 7.29. The van der Waals surface area contributed by atoms with Gasteiger partial charge < -0.3 is 11.1 Å². The number of aromatic nitrogens is 1. The molecule has 3 rings (SSSR count). The normalized spacial score (nSPS) is 18.6. The van der Waals surface area contributed by atoms with Crippen molar-refractivity contribution >= 4 is 45.7 Å². The molecule has 0 saturated carbocycles. The molecule has 0 spiro atoms. The van der Waals surface area contributed by atoms with E-state index in [4.69, 9.17) is 22.9 Å². The fourth-order valence-corrected chi connectivity index (χ4v) is 4.01. The predicted octanol–water partition coefficient (Wildman–Crippen LogP) is 3.57. The van der Waals surface area contributed by atoms with Gasteiger partial charge in [-0.05, 0) is 30.7 Å². The molecule has 1 saturated heterocycles. The Morgan fingerprint density at radius 3 is 3.00 bits per heavy atom. The van der Waals surface area contributed by atoms with Gasteiger partial charge in [0.1, 0.15) is 10.8 Å². The highest BCUT2D eigenvalue weighted by Crippen LogP contribution is 2.26. The Morgan fingerprint density at radius 1 is 1.38 bits per heavy atom. The van der Waals surface area contributed by atoms with Gasteiger partial charge in [-0.1, -0.05) is 36.8 Å². The van der Waals surface area contributed by atoms with E-state index in [1.54, 1.807) is 0 Å². The first-order valence-corrected chi connectivity index (χ1v) is 8.75. The summed E-state index contributed by atoms with van der Waals surface area (Å²) in [4.78, 5) is 5.09. The number of nitrogens with one attached hydrogen (secondary N) is 1. The van der Waals surface area contributed by atoms with Gasteiger partial charge in [-0.2, -0.15) is 11.8 Å². The Labute approximate surface area is 134 Å². The second-order valence-corrected chi connectivity index (χ2v) is 7.16. The van der Waals surface area contributed by atoms with Gasteiger partial charge in [0, 0.05) is 17.2 Å². The van der Waals surface area contributed by atoms with Crippen LogP contribution in [0.3, 0.4) is 0 Å². The molecule has 1 aromatic carbocycles. The lowest BCUT2D eigenvalue weighted by molar-refractivity contribution is 0.677. The molecule has 0 radical (unpaired) electrons. The highest BCUT2D eigenvalue weighted by atomic mass is 32.2. The van der Waals surface area contributed by atoms with Gasteiger partial charge in [0.05, 0.1) is 11.1 Å². The standard InChI is InChI=1S/C16H19N3S2/c17-15(20)13-9-11-5-1-2-7-14(11)19-16(13)18-10-12-6-3-4-8-21-12/h1-2,5,7,9,12H,3-4,6,8,10H2,(H2,17,20)(H,18,19). The number of benzene rings is 1. The molecular weight excluding hydrogens is 298 g/mol. The summed E-state index contributed by atoms with van der Waals surface area (Å²) in [5.41, 5.74) is 7.67. The number of nitrogens with zero attached hydrogens (tertiary/aromatic N) is 1. The number of hydrogen-bond acceptors (Lipinski definition) is 4. The molecule has 110 valence electrons. The fraction of sp³-hybridized carbons (Fsp3) is 0.375. The third-order valence-electron chi connectivity index (χ3n) is 3.76. The highest BCUT2D eigenvalue weighted by Gasteiger charge is 2.15. The van der Waals surface area contributed by atoms with Crippen LogP contribution in [0.1, 0.15) is 24.8 Å². The van der Waals surface area contributed by atoms with Crippen LogP contribution in [0.15, 0.2) is 30.3 Å². The van der Waals surface area contributed by atoms with Crippen molar-refractivity contribution in [1.82, 2.24) is 4.98 Å². The molecule has 2 heterocycles. The summed E-state index contributed by atoms with van der Waals surface area (Å²) in [6, 6.07) is 10.1. The molecule has 1 aliphatic rings. The molecule has 3 N–H and O–H groups in total. The SMILES string of the molecule is NC(=S)c1cc2ccccc2nc1NCC1CCCCS1. The lowest BCUT2D eigenvalue weighted by Crippen LogP contribution is -2.22. The van der Waals surface area contributed by atoms with Gasteiger partial charge in [-0.25, -0.2) is 4.98 Å². The van der Waals surface area contributed by atoms with Crippen molar-refractivity contribution in [2.75, 3.05) is 17.6 Å². The molecule has 1 aromatic heterocycles. The van der Waals surface area contributed by atoms with Crippen LogP contribution in [-0.4, -0.2) is 27.5 Å². The van der Waals surface area contributed by atoms with Crippen molar-refractivity contribution in [2.24, 2.45) is 5.73 Å². The van der Waals surface area contributed by atoms with Crippen molar-refractivity contribution in [1.29, 1.82) is 0 Å². The van der Waals surface area contributed by atoms with Gasteiger partial charge >= 0.3 is 0 Å². The molecule has 3 nitrogen and oxygen atoms in total. The molecule has 21 heavy (non-hydrogen) atoms. The van der Waals surface area contributed by atoms with Crippen LogP contribution in [0, 0.1) is 0 Å². The third kappa shape index (κ3) is 3.47. The second-order valence-electron chi connectivity index (χ2n) is 5.31. The fourth-order valence-electron chi connectivity index (χ4n) is 2.62. The zero-order valence-electron chi connectivity index (χ0n) is 11.8. The van der Waals surface area contributed by atoms with Crippen molar-refractivity contribution in [3.63, 3.8) is 0 Å². The molecule has 0 aliphatic carbocycles. The molecule has 0 bridgehead atoms. The van der Waals surface area contributed by atoms with Crippen LogP contribution in [0.5, 0.6) is 0 Å². The van der Waals surface area contributed by atoms with Crippen LogP contribution in [0.2, 0.25) is 0 Å². The van der Waals surface area contributed by atoms with Crippen LogP contribution < -0.4 is 11.1 Å². The number of para-hydroxylation sites is 1. The van der Waals surface area contributed by atoms with E-state index in [1.165, 1.54) is 25.0 Å². The first kappa shape index (κ1) is 14.6. The number of anilines is 1. The van der Waals surface area contributed by atoms with Gasteiger partial charge in [-0.3, -0.25) is 0 Å². The smallest absolute Gasteiger partial charge is 0.137 e. The highest BCUT2D eigenvalue weighted by molar-refractivity contribution is 7.99. The topological polar surface area (TPSA) is 50.9 Å². The third-order valence-corrected chi connectivity index (χ3v) is 5.38. The summed E-state index contributed by atoms with van der Waals surface area (Å²) < 4.78 is 0. The Hall–Kier alpha value is -1.33. The maximum Gasteiger partial charge on any atom is 0.137 e. The maximum atomic E-state index is 5.86. The molecular formula is C16H19N3S2. The van der Waals surface area contributed by atoms with E-state index in [0.717, 1.165) is 28.8 Å². The number of nitrogens with two attached hydrogens (primary N) is 1. The van der Waals surface area contributed by atoms with E-state index in [-0.39, 0.29) is 0 Å². The molecule has 0 amide bonds. The predicted molar refractivity (Wildman–Crippen MR) is 96.2 cm³/mol. The van der Waals surface area contributed by atoms with Crippen LogP contribution >= 0.6 is 24.0 Å². The van der Waals surface area contributed by atoms with Gasteiger partial charge in [-0.15, -0.1) is 0 Å². The van der Waals surface area contributed by atoms with E-state index in [2.05, 4.69) is 5.32 Å². The Kier molecular flexibility index (Phi) is 4.60. The minimum absolute atomic E-state index is 0.395. The summed E-state index contributed by atoms with van der Waals surface area (Å²) >= 11 is 7.22. The number of fused-ring (bicyclic) bond motifs is 1. The zero-order chi connectivity index (χ0) is 14.7. The zero-order valence-corrected chi connectivity index (χ0v) is 13.5. The van der Waals surface area contributed by atoms with E-state index < -0.39 is 0 Å². The van der Waals surface area contributed by atoms with Crippen molar-refractivity contribution in [2.45, 2.75) is 24.5 Å². The first-order chi connectivity index (χ1) is 10.2. The Bertz CT molecular complexity index is 651. The Morgan fingerprint density at radius 2 is 2.24 bits per heavy atom. The average Bonchev–Trinajstić information content (AvgIpc) is 2.53. The van der Waals surface area contributed by atoms with Crippen LogP contribution in [-0.2, 0) is 0 Å². The van der Waals surface area contributed by atoms with E-state index >= 15 is 0 Å². The lowest BCUT2D eigenvalue weighted by atomic mass is 10.1. The molecule has 1 aliphatic heterocycles. The Balaban J connectivity index is 1.84. The van der Waals surface area contributed by atoms with Crippen LogP contribution in [0.25, 0.3) is 10.9 Å². The van der Waals surface area contributed by atoms with Gasteiger partial charge in [0.25, 0.3) is 0 Å². The lowest BCUT2D eigenvalue weighted by Gasteiger charge is -2.22. The van der Waals surface area contributed by atoms with E-state index in [9.17, 15) is 0 Å². The second kappa shape index (κ2) is 6.62. The van der Waals surface area contributed by atoms with Crippen molar-refractivity contribution < 1.29 is 0 Å². The molecule has 1 fully saturated rings. The van der Waals surface area contributed by atoms with Crippen LogP contribution in [0.4, 0.5) is 5.82 Å². The molecule has 1 atom stereocenters. The van der Waals surface area contributed by atoms with Crippen molar-refractivity contribution in [3.8, 4) is 0 Å². The minimum Gasteiger partial charge on any atom is -0.389 e. The largest absolute Gasteiger partial charge is 0.389 e. The molecule has 2 aromatic rings. The quantitative estimate of drug-likeness (QED) is 0.844. The number of hydrogen-bond donors (Lipinski definition) is 2. The van der Waals surface area contributed by atoms with Crippen molar-refractivity contribution in [3.05, 3.63) is 35.9 Å². The summed E-state index contributed by atoms with van der Waals surface area (Å²) in [5.74, 6) is 2.08. The summed E-state index contributed by atoms with van der Waals surface area (Å²) in [6.07, 6.45) is 3.94. The summed E-state index contributed by atoms with van der Waals surface area (Å²) in [6.45, 7) is 0.922. The maximum absolute atomic E-state index is 5.86. The van der Waals surface area contributed by atoms with Gasteiger partial charge in [0.2, 0.25) is 0 Å². The molecule has 1 unspecified atom stereocenters. The summed E-state index contributed by atoms with van der Waals surface area (Å²) in [7, 11) is 0.